The van der Waals surface area contributed by atoms with E-state index in [2.05, 4.69) is 156 Å². The van der Waals surface area contributed by atoms with Crippen molar-refractivity contribution < 1.29 is 0 Å². The number of nitrogens with two attached hydrogens (primary N) is 1. The van der Waals surface area contributed by atoms with Crippen LogP contribution in [0.2, 0.25) is 0 Å². The zero-order valence-corrected chi connectivity index (χ0v) is 22.6. The van der Waals surface area contributed by atoms with Gasteiger partial charge in [0.2, 0.25) is 0 Å². The molecule has 0 atom stereocenters. The topological polar surface area (TPSA) is 43.0 Å². The van der Waals surface area contributed by atoms with E-state index < -0.39 is 5.41 Å². The molecule has 1 aromatic heterocycles. The van der Waals surface area contributed by atoms with E-state index in [0.717, 1.165) is 0 Å². The highest BCUT2D eigenvalue weighted by molar-refractivity contribution is 6.11. The fourth-order valence-corrected chi connectivity index (χ4v) is 7.10. The Morgan fingerprint density at radius 2 is 1.12 bits per heavy atom. The molecular weight excluding hydrogens is 498 g/mol. The molecule has 1 aliphatic rings. The minimum absolute atomic E-state index is 0.435. The van der Waals surface area contributed by atoms with Gasteiger partial charge in [0, 0.05) is 10.8 Å². The van der Waals surface area contributed by atoms with E-state index in [0.29, 0.717) is 6.67 Å². The lowest BCUT2D eigenvalue weighted by Gasteiger charge is -2.34. The van der Waals surface area contributed by atoms with Gasteiger partial charge in [-0.2, -0.15) is 0 Å². The molecule has 0 unspecified atom stereocenters. The molecule has 1 heterocycles. The van der Waals surface area contributed by atoms with Crippen molar-refractivity contribution in [3.8, 4) is 22.3 Å². The first-order chi connectivity index (χ1) is 20.3. The van der Waals surface area contributed by atoms with Crippen molar-refractivity contribution in [3.63, 3.8) is 0 Å². The number of nitrogens with zero attached hydrogens (tertiary/aromatic N) is 1. The minimum Gasteiger partial charge on any atom is -0.326 e. The summed E-state index contributed by atoms with van der Waals surface area (Å²) in [5.74, 6) is 6.00. The van der Waals surface area contributed by atoms with Crippen LogP contribution in [0.3, 0.4) is 0 Å². The monoisotopic (exact) mass is 527 g/mol. The molecular formula is C38H29N3. The number of aromatic nitrogens is 1. The second-order valence-electron chi connectivity index (χ2n) is 10.8. The van der Waals surface area contributed by atoms with E-state index in [1.165, 1.54) is 66.3 Å². The van der Waals surface area contributed by atoms with Crippen molar-refractivity contribution in [3.05, 3.63) is 168 Å². The lowest BCUT2D eigenvalue weighted by Crippen LogP contribution is -2.28. The molecule has 0 spiro atoms. The quantitative estimate of drug-likeness (QED) is 0.175. The summed E-state index contributed by atoms with van der Waals surface area (Å²) in [4.78, 5) is 0. The normalized spacial score (nSPS) is 13.4. The second kappa shape index (κ2) is 9.31. The average molecular weight is 528 g/mol. The van der Waals surface area contributed by atoms with Gasteiger partial charge in [0.05, 0.1) is 23.1 Å². The Balaban J connectivity index is 1.50. The molecule has 0 aliphatic heterocycles. The van der Waals surface area contributed by atoms with E-state index in [4.69, 9.17) is 5.84 Å². The largest absolute Gasteiger partial charge is 0.326 e. The zero-order chi connectivity index (χ0) is 27.4. The molecule has 196 valence electrons. The molecule has 0 fully saturated rings. The van der Waals surface area contributed by atoms with Crippen LogP contribution in [0.15, 0.2) is 146 Å². The van der Waals surface area contributed by atoms with Gasteiger partial charge in [0.25, 0.3) is 0 Å². The lowest BCUT2D eigenvalue weighted by atomic mass is 9.67. The first-order valence-corrected chi connectivity index (χ1v) is 14.1. The first-order valence-electron chi connectivity index (χ1n) is 14.1. The SMILES string of the molecule is NNCn1c2cc(-c3ccccc3)ccc2c2cc3c(cc21)C(c1ccccc1)(c1ccccc1)c1ccccc1-3. The van der Waals surface area contributed by atoms with Crippen molar-refractivity contribution >= 4 is 21.8 Å². The van der Waals surface area contributed by atoms with Crippen molar-refractivity contribution in [2.75, 3.05) is 0 Å². The van der Waals surface area contributed by atoms with Crippen molar-refractivity contribution in [1.82, 2.24) is 9.99 Å². The predicted molar refractivity (Wildman–Crippen MR) is 170 cm³/mol. The van der Waals surface area contributed by atoms with Crippen LogP contribution in [0.4, 0.5) is 0 Å². The molecule has 6 aromatic carbocycles. The summed E-state index contributed by atoms with van der Waals surface area (Å²) in [6, 6.07) is 53.0. The Bertz CT molecular complexity index is 2000. The number of benzene rings is 6. The van der Waals surface area contributed by atoms with Crippen LogP contribution in [0.25, 0.3) is 44.1 Å². The third-order valence-electron chi connectivity index (χ3n) is 8.80. The van der Waals surface area contributed by atoms with Crippen molar-refractivity contribution in [2.45, 2.75) is 12.1 Å². The summed E-state index contributed by atoms with van der Waals surface area (Å²) >= 11 is 0. The van der Waals surface area contributed by atoms with Crippen LogP contribution in [0.5, 0.6) is 0 Å². The average Bonchev–Trinajstić information content (AvgIpc) is 3.51. The maximum atomic E-state index is 6.00. The summed E-state index contributed by atoms with van der Waals surface area (Å²) in [7, 11) is 0. The van der Waals surface area contributed by atoms with Crippen LogP contribution in [-0.4, -0.2) is 4.57 Å². The smallest absolute Gasteiger partial charge is 0.0857 e. The van der Waals surface area contributed by atoms with Crippen LogP contribution < -0.4 is 11.3 Å². The molecule has 0 radical (unpaired) electrons. The maximum Gasteiger partial charge on any atom is 0.0857 e. The fourth-order valence-electron chi connectivity index (χ4n) is 7.10. The van der Waals surface area contributed by atoms with E-state index in [9.17, 15) is 0 Å². The Hall–Kier alpha value is -4.96. The molecule has 0 saturated heterocycles. The number of hydrogen-bond acceptors (Lipinski definition) is 2. The van der Waals surface area contributed by atoms with Gasteiger partial charge in [-0.3, -0.25) is 5.84 Å². The molecule has 7 aromatic rings. The van der Waals surface area contributed by atoms with Gasteiger partial charge in [-0.15, -0.1) is 0 Å². The van der Waals surface area contributed by atoms with Crippen LogP contribution in [-0.2, 0) is 12.1 Å². The Kier molecular flexibility index (Phi) is 5.42. The number of rotatable bonds is 5. The summed E-state index contributed by atoms with van der Waals surface area (Å²) in [5.41, 5.74) is 15.0. The Morgan fingerprint density at radius 3 is 1.80 bits per heavy atom. The van der Waals surface area contributed by atoms with Crippen molar-refractivity contribution in [2.24, 2.45) is 5.84 Å². The molecule has 3 N–H and O–H groups in total. The molecule has 3 heteroatoms. The van der Waals surface area contributed by atoms with Gasteiger partial charge in [0.1, 0.15) is 0 Å². The van der Waals surface area contributed by atoms with E-state index in [1.54, 1.807) is 0 Å². The molecule has 0 saturated carbocycles. The highest BCUT2D eigenvalue weighted by Gasteiger charge is 2.46. The van der Waals surface area contributed by atoms with Crippen LogP contribution >= 0.6 is 0 Å². The highest BCUT2D eigenvalue weighted by atomic mass is 15.3. The Labute approximate surface area is 239 Å². The third-order valence-corrected chi connectivity index (χ3v) is 8.80. The fraction of sp³-hybridized carbons (Fsp3) is 0.0526. The summed E-state index contributed by atoms with van der Waals surface area (Å²) < 4.78 is 2.32. The van der Waals surface area contributed by atoms with Gasteiger partial charge in [-0.1, -0.05) is 127 Å². The number of fused-ring (bicyclic) bond motifs is 6. The molecule has 8 rings (SSSR count). The van der Waals surface area contributed by atoms with Gasteiger partial charge in [-0.05, 0) is 62.7 Å². The Morgan fingerprint density at radius 1 is 0.512 bits per heavy atom. The third kappa shape index (κ3) is 3.40. The molecule has 0 bridgehead atoms. The summed E-state index contributed by atoms with van der Waals surface area (Å²) in [6.07, 6.45) is 0. The predicted octanol–water partition coefficient (Wildman–Crippen LogP) is 8.25. The van der Waals surface area contributed by atoms with Gasteiger partial charge < -0.3 is 4.57 Å². The second-order valence-corrected chi connectivity index (χ2v) is 10.8. The highest BCUT2D eigenvalue weighted by Crippen LogP contribution is 2.57. The van der Waals surface area contributed by atoms with Crippen LogP contribution in [0.1, 0.15) is 22.3 Å². The van der Waals surface area contributed by atoms with E-state index >= 15 is 0 Å². The van der Waals surface area contributed by atoms with Crippen LogP contribution in [0, 0.1) is 0 Å². The van der Waals surface area contributed by atoms with Gasteiger partial charge >= 0.3 is 0 Å². The number of hydrazine groups is 1. The van der Waals surface area contributed by atoms with Gasteiger partial charge in [0.15, 0.2) is 0 Å². The standard InChI is InChI=1S/C38H29N3/c39-40-25-41-36-22-27(26-12-4-1-5-13-26)20-21-31(36)33-23-32-30-18-10-11-19-34(30)38(35(32)24-37(33)41,28-14-6-2-7-15-28)29-16-8-3-9-17-29/h1-24,40H,25,39H2. The van der Waals surface area contributed by atoms with Crippen molar-refractivity contribution in [1.29, 1.82) is 0 Å². The molecule has 0 amide bonds. The zero-order valence-electron chi connectivity index (χ0n) is 22.6. The van der Waals surface area contributed by atoms with E-state index in [-0.39, 0.29) is 0 Å². The maximum absolute atomic E-state index is 6.00. The van der Waals surface area contributed by atoms with Gasteiger partial charge in [-0.25, -0.2) is 5.43 Å². The lowest BCUT2D eigenvalue weighted by molar-refractivity contribution is 0.608. The molecule has 41 heavy (non-hydrogen) atoms. The minimum atomic E-state index is -0.435. The first kappa shape index (κ1) is 23.9. The number of nitrogens with one attached hydrogen (secondary N) is 1. The molecule has 1 aliphatic carbocycles. The summed E-state index contributed by atoms with van der Waals surface area (Å²) in [5, 5.41) is 2.47. The molecule has 3 nitrogen and oxygen atoms in total. The number of hydrogen-bond donors (Lipinski definition) is 2. The van der Waals surface area contributed by atoms with E-state index in [1.807, 2.05) is 0 Å². The summed E-state index contributed by atoms with van der Waals surface area (Å²) in [6.45, 7) is 0.508.